The molecule has 0 radical (unpaired) electrons. The van der Waals surface area contributed by atoms with E-state index in [0.717, 1.165) is 10.9 Å². The SMILES string of the molecule is O=C1CC2(CCN(C(=O)c3cccc4cn[nH]c34)CC2)Oc2c(Cl)cc(Cl)cc21. The van der Waals surface area contributed by atoms with Crippen molar-refractivity contribution in [1.29, 1.82) is 0 Å². The minimum absolute atomic E-state index is 0.0299. The fourth-order valence-corrected chi connectivity index (χ4v) is 4.76. The minimum atomic E-state index is -0.641. The van der Waals surface area contributed by atoms with Crippen LogP contribution in [0.15, 0.2) is 36.5 Å². The van der Waals surface area contributed by atoms with Crippen molar-refractivity contribution in [1.82, 2.24) is 15.1 Å². The number of amides is 1. The van der Waals surface area contributed by atoms with Crippen LogP contribution in [0.3, 0.4) is 0 Å². The second-order valence-corrected chi connectivity index (χ2v) is 8.42. The molecule has 2 aliphatic heterocycles. The van der Waals surface area contributed by atoms with Crippen molar-refractivity contribution >= 4 is 45.8 Å². The molecule has 1 fully saturated rings. The number of nitrogens with zero attached hydrogens (tertiary/aromatic N) is 2. The molecule has 2 aliphatic rings. The number of Topliss-reactive ketones (excluding diaryl/α,β-unsaturated/α-hetero) is 1. The molecule has 29 heavy (non-hydrogen) atoms. The summed E-state index contributed by atoms with van der Waals surface area (Å²) in [6.45, 7) is 0.994. The van der Waals surface area contributed by atoms with E-state index < -0.39 is 5.60 Å². The van der Waals surface area contributed by atoms with Gasteiger partial charge in [-0.05, 0) is 18.2 Å². The number of rotatable bonds is 1. The minimum Gasteiger partial charge on any atom is -0.484 e. The lowest BCUT2D eigenvalue weighted by molar-refractivity contribution is -0.00560. The highest BCUT2D eigenvalue weighted by Crippen LogP contribution is 2.44. The van der Waals surface area contributed by atoms with Crippen LogP contribution in [0, 0.1) is 0 Å². The maximum Gasteiger partial charge on any atom is 0.256 e. The summed E-state index contributed by atoms with van der Waals surface area (Å²) in [5.74, 6) is 0.314. The Kier molecular flexibility index (Phi) is 4.29. The number of carbonyl (C=O) groups excluding carboxylic acids is 2. The Morgan fingerprint density at radius 1 is 1.21 bits per heavy atom. The van der Waals surface area contributed by atoms with Gasteiger partial charge in [-0.15, -0.1) is 0 Å². The van der Waals surface area contributed by atoms with E-state index in [1.807, 2.05) is 12.1 Å². The molecule has 1 spiro atoms. The van der Waals surface area contributed by atoms with Crippen molar-refractivity contribution in [3.8, 4) is 5.75 Å². The number of likely N-dealkylation sites (tertiary alicyclic amines) is 1. The van der Waals surface area contributed by atoms with Gasteiger partial charge in [0.15, 0.2) is 5.78 Å². The van der Waals surface area contributed by atoms with Crippen LogP contribution >= 0.6 is 23.2 Å². The van der Waals surface area contributed by atoms with Crippen molar-refractivity contribution < 1.29 is 14.3 Å². The lowest BCUT2D eigenvalue weighted by atomic mass is 9.82. The van der Waals surface area contributed by atoms with Crippen LogP contribution in [0.25, 0.3) is 10.9 Å². The standard InChI is InChI=1S/C21H17Cl2N3O3/c22-13-8-15-17(27)10-21(29-19(15)16(23)9-13)4-6-26(7-5-21)20(28)14-3-1-2-12-11-24-25-18(12)14/h1-3,8-9,11H,4-7,10H2,(H,24,25). The van der Waals surface area contributed by atoms with Gasteiger partial charge in [-0.3, -0.25) is 14.7 Å². The molecule has 1 N–H and O–H groups in total. The monoisotopic (exact) mass is 429 g/mol. The molecule has 1 aromatic heterocycles. The zero-order valence-corrected chi connectivity index (χ0v) is 16.9. The first kappa shape index (κ1) is 18.5. The molecular formula is C21H17Cl2N3O3. The molecule has 0 saturated carbocycles. The van der Waals surface area contributed by atoms with E-state index in [1.165, 1.54) is 0 Å². The molecule has 6 nitrogen and oxygen atoms in total. The Morgan fingerprint density at radius 3 is 2.79 bits per heavy atom. The Balaban J connectivity index is 1.37. The first-order chi connectivity index (χ1) is 14.0. The first-order valence-electron chi connectivity index (χ1n) is 9.38. The van der Waals surface area contributed by atoms with Crippen molar-refractivity contribution in [2.45, 2.75) is 24.9 Å². The molecule has 8 heteroatoms. The topological polar surface area (TPSA) is 75.3 Å². The number of benzene rings is 2. The number of ketones is 1. The third-order valence-electron chi connectivity index (χ3n) is 5.78. The highest BCUT2D eigenvalue weighted by molar-refractivity contribution is 6.36. The van der Waals surface area contributed by atoms with Crippen LogP contribution in [-0.4, -0.2) is 45.5 Å². The van der Waals surface area contributed by atoms with Gasteiger partial charge in [0.2, 0.25) is 0 Å². The molecule has 1 saturated heterocycles. The predicted molar refractivity (Wildman–Crippen MR) is 110 cm³/mol. The molecule has 0 bridgehead atoms. The smallest absolute Gasteiger partial charge is 0.256 e. The summed E-state index contributed by atoms with van der Waals surface area (Å²) in [4.78, 5) is 27.6. The van der Waals surface area contributed by atoms with Crippen molar-refractivity contribution in [3.05, 3.63) is 57.7 Å². The second kappa shape index (κ2) is 6.75. The Labute approximate surface area is 176 Å². The van der Waals surface area contributed by atoms with Gasteiger partial charge in [0, 0.05) is 36.3 Å². The summed E-state index contributed by atoms with van der Waals surface area (Å²) >= 11 is 12.3. The quantitative estimate of drug-likeness (QED) is 0.617. The first-order valence-corrected chi connectivity index (χ1v) is 10.1. The van der Waals surface area contributed by atoms with E-state index >= 15 is 0 Å². The number of aromatic amines is 1. The number of para-hydroxylation sites is 1. The summed E-state index contributed by atoms with van der Waals surface area (Å²) in [7, 11) is 0. The van der Waals surface area contributed by atoms with Crippen LogP contribution in [0.5, 0.6) is 5.75 Å². The van der Waals surface area contributed by atoms with E-state index in [4.69, 9.17) is 27.9 Å². The summed E-state index contributed by atoms with van der Waals surface area (Å²) < 4.78 is 6.24. The Bertz CT molecular complexity index is 1150. The number of aromatic nitrogens is 2. The van der Waals surface area contributed by atoms with E-state index in [1.54, 1.807) is 29.3 Å². The summed E-state index contributed by atoms with van der Waals surface area (Å²) in [6.07, 6.45) is 3.07. The average molecular weight is 430 g/mol. The number of halogens is 2. The van der Waals surface area contributed by atoms with E-state index in [0.29, 0.717) is 52.9 Å². The van der Waals surface area contributed by atoms with Crippen LogP contribution < -0.4 is 4.74 Å². The molecule has 148 valence electrons. The molecule has 2 aromatic carbocycles. The number of hydrogen-bond acceptors (Lipinski definition) is 4. The van der Waals surface area contributed by atoms with Gasteiger partial charge in [-0.25, -0.2) is 0 Å². The van der Waals surface area contributed by atoms with Gasteiger partial charge >= 0.3 is 0 Å². The third kappa shape index (κ3) is 3.07. The largest absolute Gasteiger partial charge is 0.484 e. The number of carbonyl (C=O) groups is 2. The highest BCUT2D eigenvalue weighted by atomic mass is 35.5. The van der Waals surface area contributed by atoms with Crippen LogP contribution in [0.1, 0.15) is 40.0 Å². The number of piperidine rings is 1. The Morgan fingerprint density at radius 2 is 2.00 bits per heavy atom. The summed E-state index contributed by atoms with van der Waals surface area (Å²) in [6, 6.07) is 8.74. The second-order valence-electron chi connectivity index (χ2n) is 7.58. The maximum absolute atomic E-state index is 13.1. The zero-order valence-electron chi connectivity index (χ0n) is 15.4. The molecule has 0 atom stereocenters. The van der Waals surface area contributed by atoms with Gasteiger partial charge in [0.05, 0.1) is 34.3 Å². The fourth-order valence-electron chi connectivity index (χ4n) is 4.23. The summed E-state index contributed by atoms with van der Waals surface area (Å²) in [5, 5.41) is 8.58. The van der Waals surface area contributed by atoms with Crippen LogP contribution in [0.4, 0.5) is 0 Å². The van der Waals surface area contributed by atoms with E-state index in [-0.39, 0.29) is 18.1 Å². The predicted octanol–water partition coefficient (Wildman–Crippen LogP) is 4.51. The lowest BCUT2D eigenvalue weighted by Crippen LogP contribution is -2.52. The van der Waals surface area contributed by atoms with Crippen LogP contribution in [-0.2, 0) is 0 Å². The molecule has 3 aromatic rings. The molecule has 5 rings (SSSR count). The molecular weight excluding hydrogens is 413 g/mol. The zero-order chi connectivity index (χ0) is 20.2. The van der Waals surface area contributed by atoms with Gasteiger partial charge in [0.1, 0.15) is 11.4 Å². The highest BCUT2D eigenvalue weighted by Gasteiger charge is 2.44. The van der Waals surface area contributed by atoms with Gasteiger partial charge in [-0.2, -0.15) is 5.10 Å². The fraction of sp³-hybridized carbons (Fsp3) is 0.286. The molecule has 3 heterocycles. The van der Waals surface area contributed by atoms with Crippen molar-refractivity contribution in [2.75, 3.05) is 13.1 Å². The maximum atomic E-state index is 13.1. The number of fused-ring (bicyclic) bond motifs is 2. The van der Waals surface area contributed by atoms with Crippen LogP contribution in [0.2, 0.25) is 10.0 Å². The van der Waals surface area contributed by atoms with Crippen molar-refractivity contribution in [2.24, 2.45) is 0 Å². The lowest BCUT2D eigenvalue weighted by Gasteiger charge is -2.44. The number of ether oxygens (including phenoxy) is 1. The van der Waals surface area contributed by atoms with Gasteiger partial charge in [-0.1, -0.05) is 35.3 Å². The van der Waals surface area contributed by atoms with Crippen molar-refractivity contribution in [3.63, 3.8) is 0 Å². The van der Waals surface area contributed by atoms with E-state index in [9.17, 15) is 9.59 Å². The van der Waals surface area contributed by atoms with Gasteiger partial charge in [0.25, 0.3) is 5.91 Å². The molecule has 0 unspecified atom stereocenters. The summed E-state index contributed by atoms with van der Waals surface area (Å²) in [5.41, 5.74) is 1.12. The normalized spacial score (nSPS) is 18.0. The third-order valence-corrected chi connectivity index (χ3v) is 6.28. The van der Waals surface area contributed by atoms with Gasteiger partial charge < -0.3 is 9.64 Å². The number of hydrogen-bond donors (Lipinski definition) is 1. The Hall–Kier alpha value is -2.57. The number of nitrogens with one attached hydrogen (secondary N) is 1. The molecule has 1 amide bonds. The van der Waals surface area contributed by atoms with E-state index in [2.05, 4.69) is 10.2 Å². The molecule has 0 aliphatic carbocycles. The number of H-pyrrole nitrogens is 1. The average Bonchev–Trinajstić information content (AvgIpc) is 3.18.